The van der Waals surface area contributed by atoms with Gasteiger partial charge in [-0.2, -0.15) is 0 Å². The zero-order chi connectivity index (χ0) is 13.2. The number of hydrogen-bond acceptors (Lipinski definition) is 1. The topological polar surface area (TPSA) is 26.0 Å². The largest absolute Gasteiger partial charge is 0.325 e. The highest BCUT2D eigenvalue weighted by molar-refractivity contribution is 5.19. The van der Waals surface area contributed by atoms with Crippen LogP contribution in [0.5, 0.6) is 0 Å². The molecule has 1 aliphatic rings. The van der Waals surface area contributed by atoms with Crippen LogP contribution in [0.3, 0.4) is 0 Å². The van der Waals surface area contributed by atoms with E-state index in [0.717, 1.165) is 30.7 Å². The van der Waals surface area contributed by atoms with E-state index in [0.29, 0.717) is 5.92 Å². The molecule has 0 aliphatic heterocycles. The Balaban J connectivity index is 2.07. The first-order valence-corrected chi connectivity index (χ1v) is 7.02. The van der Waals surface area contributed by atoms with Crippen LogP contribution in [0.1, 0.15) is 45.1 Å². The Morgan fingerprint density at radius 3 is 2.89 bits per heavy atom. The minimum atomic E-state index is -0.160. The number of nitrogens with two attached hydrogens (primary N) is 1. The Kier molecular flexibility index (Phi) is 4.06. The van der Waals surface area contributed by atoms with Crippen LogP contribution in [0.15, 0.2) is 24.3 Å². The smallest absolute Gasteiger partial charge is 0.123 e. The average molecular weight is 249 g/mol. The molecule has 1 nitrogen and oxygen atoms in total. The van der Waals surface area contributed by atoms with E-state index in [1.54, 1.807) is 12.1 Å². The molecule has 1 aromatic rings. The summed E-state index contributed by atoms with van der Waals surface area (Å²) in [6.45, 7) is 4.55. The summed E-state index contributed by atoms with van der Waals surface area (Å²) in [4.78, 5) is 0. The average Bonchev–Trinajstić information content (AvgIpc) is 2.28. The van der Waals surface area contributed by atoms with Crippen LogP contribution in [-0.2, 0) is 6.42 Å². The lowest BCUT2D eigenvalue weighted by Gasteiger charge is -2.40. The van der Waals surface area contributed by atoms with Crippen molar-refractivity contribution < 1.29 is 4.39 Å². The molecule has 2 heteroatoms. The SMILES string of the molecule is CC(C)C1CCCC(N)(Cc2cccc(F)c2)C1. The van der Waals surface area contributed by atoms with Gasteiger partial charge in [-0.3, -0.25) is 0 Å². The van der Waals surface area contributed by atoms with Crippen LogP contribution >= 0.6 is 0 Å². The number of benzene rings is 1. The van der Waals surface area contributed by atoms with Crippen LogP contribution in [0.2, 0.25) is 0 Å². The zero-order valence-corrected chi connectivity index (χ0v) is 11.5. The van der Waals surface area contributed by atoms with Gasteiger partial charge in [0.2, 0.25) is 0 Å². The molecule has 1 aliphatic carbocycles. The van der Waals surface area contributed by atoms with Crippen molar-refractivity contribution in [1.82, 2.24) is 0 Å². The minimum absolute atomic E-state index is 0.138. The van der Waals surface area contributed by atoms with Crippen molar-refractivity contribution in [3.05, 3.63) is 35.6 Å². The first kappa shape index (κ1) is 13.5. The quantitative estimate of drug-likeness (QED) is 0.863. The first-order chi connectivity index (χ1) is 8.48. The molecule has 0 amide bonds. The zero-order valence-electron chi connectivity index (χ0n) is 11.5. The summed E-state index contributed by atoms with van der Waals surface area (Å²) in [6, 6.07) is 6.87. The monoisotopic (exact) mass is 249 g/mol. The van der Waals surface area contributed by atoms with Gasteiger partial charge in [-0.15, -0.1) is 0 Å². The van der Waals surface area contributed by atoms with Crippen molar-refractivity contribution >= 4 is 0 Å². The summed E-state index contributed by atoms with van der Waals surface area (Å²) >= 11 is 0. The molecule has 2 N–H and O–H groups in total. The predicted molar refractivity (Wildman–Crippen MR) is 73.8 cm³/mol. The van der Waals surface area contributed by atoms with E-state index in [1.165, 1.54) is 18.9 Å². The van der Waals surface area contributed by atoms with Crippen LogP contribution in [0.4, 0.5) is 4.39 Å². The lowest BCUT2D eigenvalue weighted by atomic mass is 9.70. The van der Waals surface area contributed by atoms with Gasteiger partial charge < -0.3 is 5.73 Å². The van der Waals surface area contributed by atoms with Crippen LogP contribution in [-0.4, -0.2) is 5.54 Å². The third-order valence-electron chi connectivity index (χ3n) is 4.31. The highest BCUT2D eigenvalue weighted by Crippen LogP contribution is 2.36. The molecule has 1 fully saturated rings. The van der Waals surface area contributed by atoms with E-state index < -0.39 is 0 Å². The Labute approximate surface area is 110 Å². The molecule has 2 rings (SSSR count). The summed E-state index contributed by atoms with van der Waals surface area (Å²) in [5.74, 6) is 1.25. The Bertz CT molecular complexity index is 402. The van der Waals surface area contributed by atoms with Crippen molar-refractivity contribution in [2.75, 3.05) is 0 Å². The predicted octanol–water partition coefficient (Wildman–Crippen LogP) is 3.91. The Morgan fingerprint density at radius 1 is 1.44 bits per heavy atom. The summed E-state index contributed by atoms with van der Waals surface area (Å²) < 4.78 is 13.2. The van der Waals surface area contributed by atoms with Gasteiger partial charge in [-0.05, 0) is 48.8 Å². The van der Waals surface area contributed by atoms with Gasteiger partial charge in [-0.1, -0.05) is 38.8 Å². The minimum Gasteiger partial charge on any atom is -0.325 e. The van der Waals surface area contributed by atoms with Crippen molar-refractivity contribution in [2.45, 2.75) is 51.5 Å². The molecule has 0 aromatic heterocycles. The van der Waals surface area contributed by atoms with Crippen LogP contribution in [0.25, 0.3) is 0 Å². The normalized spacial score (nSPS) is 28.6. The molecule has 2 unspecified atom stereocenters. The Morgan fingerprint density at radius 2 is 2.22 bits per heavy atom. The van der Waals surface area contributed by atoms with Gasteiger partial charge in [0.05, 0.1) is 0 Å². The van der Waals surface area contributed by atoms with E-state index in [2.05, 4.69) is 13.8 Å². The number of hydrogen-bond donors (Lipinski definition) is 1. The molecule has 0 saturated heterocycles. The second-order valence-electron chi connectivity index (χ2n) is 6.27. The fraction of sp³-hybridized carbons (Fsp3) is 0.625. The van der Waals surface area contributed by atoms with Crippen molar-refractivity contribution in [1.29, 1.82) is 0 Å². The molecule has 0 bridgehead atoms. The van der Waals surface area contributed by atoms with Crippen molar-refractivity contribution in [3.63, 3.8) is 0 Å². The van der Waals surface area contributed by atoms with Gasteiger partial charge in [0.15, 0.2) is 0 Å². The third kappa shape index (κ3) is 3.32. The number of halogens is 1. The molecule has 1 saturated carbocycles. The lowest BCUT2D eigenvalue weighted by molar-refractivity contribution is 0.182. The molecule has 1 aromatic carbocycles. The third-order valence-corrected chi connectivity index (χ3v) is 4.31. The standard InChI is InChI=1S/C16H24FN/c1-12(2)14-6-4-8-16(18,11-14)10-13-5-3-7-15(17)9-13/h3,5,7,9,12,14H,4,6,8,10-11,18H2,1-2H3. The molecule has 0 heterocycles. The molecular weight excluding hydrogens is 225 g/mol. The Hall–Kier alpha value is -0.890. The van der Waals surface area contributed by atoms with E-state index in [1.807, 2.05) is 6.07 Å². The summed E-state index contributed by atoms with van der Waals surface area (Å²) in [6.07, 6.45) is 5.43. The molecule has 18 heavy (non-hydrogen) atoms. The lowest BCUT2D eigenvalue weighted by Crippen LogP contribution is -2.47. The van der Waals surface area contributed by atoms with Gasteiger partial charge in [-0.25, -0.2) is 4.39 Å². The molecule has 2 atom stereocenters. The summed E-state index contributed by atoms with van der Waals surface area (Å²) in [5.41, 5.74) is 7.44. The van der Waals surface area contributed by atoms with Gasteiger partial charge in [0.25, 0.3) is 0 Å². The van der Waals surface area contributed by atoms with Gasteiger partial charge >= 0.3 is 0 Å². The van der Waals surface area contributed by atoms with Crippen LogP contribution < -0.4 is 5.73 Å². The molecular formula is C16H24FN. The summed E-state index contributed by atoms with van der Waals surface area (Å²) in [7, 11) is 0. The highest BCUT2D eigenvalue weighted by Gasteiger charge is 2.33. The van der Waals surface area contributed by atoms with Crippen molar-refractivity contribution in [3.8, 4) is 0 Å². The van der Waals surface area contributed by atoms with Crippen molar-refractivity contribution in [2.24, 2.45) is 17.6 Å². The summed E-state index contributed by atoms with van der Waals surface area (Å²) in [5, 5.41) is 0. The van der Waals surface area contributed by atoms with Gasteiger partial charge in [0, 0.05) is 5.54 Å². The highest BCUT2D eigenvalue weighted by atomic mass is 19.1. The maximum Gasteiger partial charge on any atom is 0.123 e. The first-order valence-electron chi connectivity index (χ1n) is 7.02. The fourth-order valence-corrected chi connectivity index (χ4v) is 3.23. The number of rotatable bonds is 3. The van der Waals surface area contributed by atoms with E-state index in [4.69, 9.17) is 5.73 Å². The maximum absolute atomic E-state index is 13.2. The molecule has 0 spiro atoms. The maximum atomic E-state index is 13.2. The van der Waals surface area contributed by atoms with Gasteiger partial charge in [0.1, 0.15) is 5.82 Å². The van der Waals surface area contributed by atoms with Crippen LogP contribution in [0, 0.1) is 17.7 Å². The second-order valence-corrected chi connectivity index (χ2v) is 6.27. The van der Waals surface area contributed by atoms with E-state index >= 15 is 0 Å². The second kappa shape index (κ2) is 5.40. The molecule has 100 valence electrons. The van der Waals surface area contributed by atoms with E-state index in [-0.39, 0.29) is 11.4 Å². The van der Waals surface area contributed by atoms with E-state index in [9.17, 15) is 4.39 Å². The fourth-order valence-electron chi connectivity index (χ4n) is 3.23. The molecule has 0 radical (unpaired) electrons.